The number of aromatic nitrogens is 3. The lowest BCUT2D eigenvalue weighted by Crippen LogP contribution is -2.32. The van der Waals surface area contributed by atoms with Crippen molar-refractivity contribution in [3.8, 4) is 17.1 Å². The average molecular weight is 433 g/mol. The molecule has 3 heterocycles. The van der Waals surface area contributed by atoms with E-state index >= 15 is 0 Å². The summed E-state index contributed by atoms with van der Waals surface area (Å²) in [5.74, 6) is 2.19. The van der Waals surface area contributed by atoms with Gasteiger partial charge in [0.2, 0.25) is 5.89 Å². The summed E-state index contributed by atoms with van der Waals surface area (Å²) in [5.41, 5.74) is 4.47. The first kappa shape index (κ1) is 20.0. The van der Waals surface area contributed by atoms with Crippen molar-refractivity contribution in [2.24, 2.45) is 0 Å². The molecule has 4 aromatic rings. The molecule has 0 unspecified atom stereocenters. The first-order valence-electron chi connectivity index (χ1n) is 10.7. The summed E-state index contributed by atoms with van der Waals surface area (Å²) >= 11 is 6.03. The predicted octanol–water partition coefficient (Wildman–Crippen LogP) is 5.87. The second kappa shape index (κ2) is 8.69. The molecule has 0 amide bonds. The summed E-state index contributed by atoms with van der Waals surface area (Å²) in [6.45, 7) is 4.96. The van der Waals surface area contributed by atoms with Gasteiger partial charge < -0.3 is 8.98 Å². The van der Waals surface area contributed by atoms with Gasteiger partial charge in [-0.2, -0.15) is 0 Å². The molecule has 0 saturated carbocycles. The smallest absolute Gasteiger partial charge is 0.226 e. The molecule has 158 valence electrons. The fraction of sp³-hybridized carbons (Fsp3) is 0.280. The molecule has 1 aliphatic heterocycles. The first-order chi connectivity index (χ1) is 15.2. The third kappa shape index (κ3) is 4.43. The molecular weight excluding hydrogens is 408 g/mol. The minimum absolute atomic E-state index is 0.608. The Labute approximate surface area is 187 Å². The topological polar surface area (TPSA) is 47.1 Å². The molecule has 2 aromatic carbocycles. The average Bonchev–Trinajstić information content (AvgIpc) is 3.46. The van der Waals surface area contributed by atoms with Crippen molar-refractivity contribution in [1.82, 2.24) is 19.4 Å². The van der Waals surface area contributed by atoms with E-state index in [2.05, 4.69) is 34.1 Å². The highest BCUT2D eigenvalue weighted by Gasteiger charge is 2.22. The number of hydrogen-bond acceptors (Lipinski definition) is 4. The summed E-state index contributed by atoms with van der Waals surface area (Å²) in [4.78, 5) is 11.4. The van der Waals surface area contributed by atoms with Gasteiger partial charge in [-0.3, -0.25) is 4.90 Å². The third-order valence-electron chi connectivity index (χ3n) is 6.11. The van der Waals surface area contributed by atoms with Crippen LogP contribution in [0.25, 0.3) is 17.1 Å². The largest absolute Gasteiger partial charge is 0.441 e. The van der Waals surface area contributed by atoms with Crippen molar-refractivity contribution in [1.29, 1.82) is 0 Å². The number of hydrogen-bond donors (Lipinski definition) is 0. The van der Waals surface area contributed by atoms with Gasteiger partial charge in [0.1, 0.15) is 5.76 Å². The van der Waals surface area contributed by atoms with Crippen molar-refractivity contribution in [2.75, 3.05) is 13.1 Å². The standard InChI is InChI=1S/C25H25ClN4O/c1-18-24(16-29-13-10-20(11-14-29)19-2-6-22(26)7-3-19)28-25(31-18)21-4-8-23(9-5-21)30-15-12-27-17-30/h2-9,12,15,17,20H,10-11,13-14,16H2,1H3. The third-order valence-corrected chi connectivity index (χ3v) is 6.36. The molecule has 1 aliphatic rings. The molecule has 1 fully saturated rings. The Balaban J connectivity index is 1.23. The maximum absolute atomic E-state index is 6.03. The van der Waals surface area contributed by atoms with Crippen LogP contribution < -0.4 is 0 Å². The fourth-order valence-corrected chi connectivity index (χ4v) is 4.38. The summed E-state index contributed by atoms with van der Waals surface area (Å²) in [6.07, 6.45) is 7.80. The first-order valence-corrected chi connectivity index (χ1v) is 11.1. The lowest BCUT2D eigenvalue weighted by molar-refractivity contribution is 0.202. The van der Waals surface area contributed by atoms with Gasteiger partial charge in [0.25, 0.3) is 0 Å². The Morgan fingerprint density at radius 3 is 2.45 bits per heavy atom. The summed E-state index contributed by atoms with van der Waals surface area (Å²) in [5, 5.41) is 0.801. The molecular formula is C25H25ClN4O. The van der Waals surface area contributed by atoms with Gasteiger partial charge in [-0.05, 0) is 80.7 Å². The van der Waals surface area contributed by atoms with E-state index in [0.717, 1.165) is 60.2 Å². The number of imidazole rings is 1. The van der Waals surface area contributed by atoms with Crippen molar-refractivity contribution in [2.45, 2.75) is 32.2 Å². The van der Waals surface area contributed by atoms with E-state index < -0.39 is 0 Å². The highest BCUT2D eigenvalue weighted by atomic mass is 35.5. The number of benzene rings is 2. The number of aryl methyl sites for hydroxylation is 1. The van der Waals surface area contributed by atoms with E-state index in [1.165, 1.54) is 5.56 Å². The fourth-order valence-electron chi connectivity index (χ4n) is 4.26. The van der Waals surface area contributed by atoms with Crippen molar-refractivity contribution < 1.29 is 4.42 Å². The Bertz CT molecular complexity index is 1130. The SMILES string of the molecule is Cc1oc(-c2ccc(-n3ccnc3)cc2)nc1CN1CCC(c2ccc(Cl)cc2)CC1. The monoisotopic (exact) mass is 432 g/mol. The Kier molecular flexibility index (Phi) is 5.62. The van der Waals surface area contributed by atoms with Crippen molar-refractivity contribution >= 4 is 11.6 Å². The molecule has 0 radical (unpaired) electrons. The highest BCUT2D eigenvalue weighted by Crippen LogP contribution is 2.30. The van der Waals surface area contributed by atoms with Gasteiger partial charge in [-0.25, -0.2) is 9.97 Å². The minimum atomic E-state index is 0.608. The Morgan fingerprint density at radius 2 is 1.77 bits per heavy atom. The van der Waals surface area contributed by atoms with E-state index in [1.807, 2.05) is 42.0 Å². The molecule has 6 heteroatoms. The van der Waals surface area contributed by atoms with Gasteiger partial charge >= 0.3 is 0 Å². The lowest BCUT2D eigenvalue weighted by atomic mass is 9.89. The number of oxazole rings is 1. The highest BCUT2D eigenvalue weighted by molar-refractivity contribution is 6.30. The number of piperidine rings is 1. The molecule has 31 heavy (non-hydrogen) atoms. The van der Waals surface area contributed by atoms with Gasteiger partial charge in [0, 0.05) is 35.2 Å². The molecule has 0 aliphatic carbocycles. The second-order valence-electron chi connectivity index (χ2n) is 8.14. The summed E-state index contributed by atoms with van der Waals surface area (Å²) in [7, 11) is 0. The van der Waals surface area contributed by atoms with Crippen LogP contribution in [0.3, 0.4) is 0 Å². The van der Waals surface area contributed by atoms with E-state index in [9.17, 15) is 0 Å². The molecule has 5 rings (SSSR count). The maximum Gasteiger partial charge on any atom is 0.226 e. The van der Waals surface area contributed by atoms with Crippen LogP contribution in [0, 0.1) is 6.92 Å². The molecule has 0 bridgehead atoms. The number of halogens is 1. The van der Waals surface area contributed by atoms with Crippen LogP contribution in [-0.2, 0) is 6.54 Å². The van der Waals surface area contributed by atoms with Gasteiger partial charge in [-0.15, -0.1) is 0 Å². The summed E-state index contributed by atoms with van der Waals surface area (Å²) in [6, 6.07) is 16.5. The van der Waals surface area contributed by atoms with Crippen LogP contribution >= 0.6 is 11.6 Å². The number of rotatable bonds is 5. The van der Waals surface area contributed by atoms with Gasteiger partial charge in [0.15, 0.2) is 0 Å². The molecule has 2 aromatic heterocycles. The zero-order valence-corrected chi connectivity index (χ0v) is 18.3. The van der Waals surface area contributed by atoms with Gasteiger partial charge in [0.05, 0.1) is 12.0 Å². The van der Waals surface area contributed by atoms with Crippen LogP contribution in [0.15, 0.2) is 71.7 Å². The van der Waals surface area contributed by atoms with Crippen LogP contribution in [0.4, 0.5) is 0 Å². The Morgan fingerprint density at radius 1 is 1.03 bits per heavy atom. The van der Waals surface area contributed by atoms with Crippen LogP contribution in [-0.4, -0.2) is 32.5 Å². The molecule has 0 spiro atoms. The van der Waals surface area contributed by atoms with E-state index in [0.29, 0.717) is 11.8 Å². The lowest BCUT2D eigenvalue weighted by Gasteiger charge is -2.31. The van der Waals surface area contributed by atoms with Crippen LogP contribution in [0.1, 0.15) is 35.8 Å². The molecule has 1 saturated heterocycles. The molecule has 0 N–H and O–H groups in total. The van der Waals surface area contributed by atoms with Crippen LogP contribution in [0.5, 0.6) is 0 Å². The predicted molar refractivity (Wildman–Crippen MR) is 123 cm³/mol. The zero-order valence-electron chi connectivity index (χ0n) is 17.5. The Hall–Kier alpha value is -2.89. The van der Waals surface area contributed by atoms with E-state index in [-0.39, 0.29) is 0 Å². The second-order valence-corrected chi connectivity index (χ2v) is 8.58. The quantitative estimate of drug-likeness (QED) is 0.395. The number of nitrogens with zero attached hydrogens (tertiary/aromatic N) is 4. The van der Waals surface area contributed by atoms with Gasteiger partial charge in [-0.1, -0.05) is 23.7 Å². The zero-order chi connectivity index (χ0) is 21.2. The van der Waals surface area contributed by atoms with E-state index in [4.69, 9.17) is 21.0 Å². The number of likely N-dealkylation sites (tertiary alicyclic amines) is 1. The van der Waals surface area contributed by atoms with Crippen LogP contribution in [0.2, 0.25) is 5.02 Å². The normalized spacial score (nSPS) is 15.4. The van der Waals surface area contributed by atoms with Crippen molar-refractivity contribution in [3.63, 3.8) is 0 Å². The summed E-state index contributed by atoms with van der Waals surface area (Å²) < 4.78 is 7.98. The van der Waals surface area contributed by atoms with Crippen molar-refractivity contribution in [3.05, 3.63) is 89.3 Å². The van der Waals surface area contributed by atoms with E-state index in [1.54, 1.807) is 12.5 Å². The minimum Gasteiger partial charge on any atom is -0.441 e. The molecule has 5 nitrogen and oxygen atoms in total. The maximum atomic E-state index is 6.03. The molecule has 0 atom stereocenters.